The zero-order valence-corrected chi connectivity index (χ0v) is 24.5. The molecule has 0 N–H and O–H groups in total. The molecule has 0 aliphatic heterocycles. The van der Waals surface area contributed by atoms with Crippen LogP contribution in [0.3, 0.4) is 0 Å². The van der Waals surface area contributed by atoms with Gasteiger partial charge in [-0.15, -0.1) is 0 Å². The molecule has 0 aromatic heterocycles. The summed E-state index contributed by atoms with van der Waals surface area (Å²) in [5, 5.41) is 0. The molecule has 0 heterocycles. The monoisotopic (exact) mass is 546 g/mol. The van der Waals surface area contributed by atoms with Crippen LogP contribution in [-0.4, -0.2) is 31.9 Å². The smallest absolute Gasteiger partial charge is 0.343 e. The second-order valence-corrected chi connectivity index (χ2v) is 10.3. The number of carbonyl (C=O) groups is 1. The molecule has 0 aliphatic carbocycles. The van der Waals surface area contributed by atoms with Gasteiger partial charge in [0.2, 0.25) is 0 Å². The summed E-state index contributed by atoms with van der Waals surface area (Å²) in [6, 6.07) is 22.6. The Morgan fingerprint density at radius 3 is 1.75 bits per heavy atom. The molecule has 0 bridgehead atoms. The Kier molecular flexibility index (Phi) is 14.1. The predicted octanol–water partition coefficient (Wildman–Crippen LogP) is 9.29. The summed E-state index contributed by atoms with van der Waals surface area (Å²) in [6.45, 7) is 8.27. The number of hydrogen-bond donors (Lipinski definition) is 0. The fourth-order valence-corrected chi connectivity index (χ4v) is 4.32. The number of unbranched alkanes of at least 4 members (excludes halogenated alkanes) is 7. The highest BCUT2D eigenvalue weighted by Gasteiger charge is 2.10. The standard InChI is InChI=1S/C35H46O5/c1-4-6-7-8-9-10-11-12-26-38-32-19-17-30(18-20-32)29-13-15-31(16-14-29)35(36)40-34-23-21-33(22-24-34)39-27-28(3)37-25-5-2/h13-24,28H,4-12,25-27H2,1-3H3. The zero-order valence-electron chi connectivity index (χ0n) is 24.5. The molecule has 0 radical (unpaired) electrons. The molecule has 3 aromatic rings. The van der Waals surface area contributed by atoms with Crippen LogP contribution in [0.4, 0.5) is 0 Å². The zero-order chi connectivity index (χ0) is 28.4. The number of carbonyl (C=O) groups excluding carboxylic acids is 1. The molecule has 3 rings (SSSR count). The average molecular weight is 547 g/mol. The van der Waals surface area contributed by atoms with Gasteiger partial charge in [-0.1, -0.05) is 83.1 Å². The summed E-state index contributed by atoms with van der Waals surface area (Å²) in [5.41, 5.74) is 2.60. The van der Waals surface area contributed by atoms with Gasteiger partial charge >= 0.3 is 5.97 Å². The van der Waals surface area contributed by atoms with Crippen LogP contribution >= 0.6 is 0 Å². The van der Waals surface area contributed by atoms with E-state index in [1.54, 1.807) is 36.4 Å². The van der Waals surface area contributed by atoms with Crippen LogP contribution in [-0.2, 0) is 4.74 Å². The first-order valence-corrected chi connectivity index (χ1v) is 15.0. The number of esters is 1. The van der Waals surface area contributed by atoms with Crippen molar-refractivity contribution in [2.45, 2.75) is 84.7 Å². The average Bonchev–Trinajstić information content (AvgIpc) is 2.99. The van der Waals surface area contributed by atoms with Gasteiger partial charge in [0.1, 0.15) is 23.9 Å². The van der Waals surface area contributed by atoms with Crippen molar-refractivity contribution in [2.75, 3.05) is 19.8 Å². The second kappa shape index (κ2) is 18.1. The van der Waals surface area contributed by atoms with Crippen LogP contribution in [0.25, 0.3) is 11.1 Å². The van der Waals surface area contributed by atoms with Crippen molar-refractivity contribution in [3.63, 3.8) is 0 Å². The molecule has 1 unspecified atom stereocenters. The molecule has 0 saturated carbocycles. The van der Waals surface area contributed by atoms with E-state index in [2.05, 4.69) is 26.0 Å². The third kappa shape index (κ3) is 11.4. The highest BCUT2D eigenvalue weighted by atomic mass is 16.5. The van der Waals surface area contributed by atoms with E-state index >= 15 is 0 Å². The van der Waals surface area contributed by atoms with Gasteiger partial charge < -0.3 is 18.9 Å². The van der Waals surface area contributed by atoms with E-state index in [0.717, 1.165) is 42.9 Å². The third-order valence-electron chi connectivity index (χ3n) is 6.70. The highest BCUT2D eigenvalue weighted by molar-refractivity contribution is 5.91. The third-order valence-corrected chi connectivity index (χ3v) is 6.70. The van der Waals surface area contributed by atoms with Crippen LogP contribution < -0.4 is 14.2 Å². The lowest BCUT2D eigenvalue weighted by atomic mass is 10.0. The SMILES string of the molecule is CCCCCCCCCCOc1ccc(-c2ccc(C(=O)Oc3ccc(OCC(C)OCCC)cc3)cc2)cc1. The van der Waals surface area contributed by atoms with E-state index in [1.807, 2.05) is 31.2 Å². The van der Waals surface area contributed by atoms with Crippen molar-refractivity contribution in [2.24, 2.45) is 0 Å². The van der Waals surface area contributed by atoms with Crippen molar-refractivity contribution >= 4 is 5.97 Å². The molecule has 1 atom stereocenters. The van der Waals surface area contributed by atoms with Gasteiger partial charge in [-0.05, 0) is 79.4 Å². The van der Waals surface area contributed by atoms with E-state index in [-0.39, 0.29) is 6.10 Å². The molecule has 5 nitrogen and oxygen atoms in total. The van der Waals surface area contributed by atoms with Gasteiger partial charge in [-0.2, -0.15) is 0 Å². The molecule has 40 heavy (non-hydrogen) atoms. The van der Waals surface area contributed by atoms with E-state index < -0.39 is 5.97 Å². The Labute approximate surface area is 240 Å². The van der Waals surface area contributed by atoms with Crippen molar-refractivity contribution < 1.29 is 23.7 Å². The maximum absolute atomic E-state index is 12.6. The highest BCUT2D eigenvalue weighted by Crippen LogP contribution is 2.24. The summed E-state index contributed by atoms with van der Waals surface area (Å²) in [7, 11) is 0. The molecule has 0 amide bonds. The lowest BCUT2D eigenvalue weighted by molar-refractivity contribution is 0.0327. The fraction of sp³-hybridized carbons (Fsp3) is 0.457. The Bertz CT molecular complexity index is 1090. The fourth-order valence-electron chi connectivity index (χ4n) is 4.32. The Balaban J connectivity index is 1.39. The summed E-state index contributed by atoms with van der Waals surface area (Å²) in [4.78, 5) is 12.6. The molecule has 0 fully saturated rings. The van der Waals surface area contributed by atoms with E-state index in [0.29, 0.717) is 23.7 Å². The minimum atomic E-state index is -0.397. The topological polar surface area (TPSA) is 54.0 Å². The van der Waals surface area contributed by atoms with Gasteiger partial charge in [0.15, 0.2) is 0 Å². The predicted molar refractivity (Wildman–Crippen MR) is 163 cm³/mol. The van der Waals surface area contributed by atoms with Crippen molar-refractivity contribution in [3.05, 3.63) is 78.4 Å². The summed E-state index contributed by atoms with van der Waals surface area (Å²) in [5.74, 6) is 1.68. The number of benzene rings is 3. The van der Waals surface area contributed by atoms with Gasteiger partial charge in [0.25, 0.3) is 0 Å². The van der Waals surface area contributed by atoms with Gasteiger partial charge in [-0.3, -0.25) is 0 Å². The maximum atomic E-state index is 12.6. The Morgan fingerprint density at radius 2 is 1.12 bits per heavy atom. The second-order valence-electron chi connectivity index (χ2n) is 10.3. The van der Waals surface area contributed by atoms with E-state index in [1.165, 1.54) is 44.9 Å². The van der Waals surface area contributed by atoms with Gasteiger partial charge in [-0.25, -0.2) is 4.79 Å². The molecule has 0 aliphatic rings. The molecule has 216 valence electrons. The molecule has 5 heteroatoms. The van der Waals surface area contributed by atoms with E-state index in [4.69, 9.17) is 18.9 Å². The van der Waals surface area contributed by atoms with Gasteiger partial charge in [0.05, 0.1) is 18.3 Å². The van der Waals surface area contributed by atoms with Crippen LogP contribution in [0.15, 0.2) is 72.8 Å². The van der Waals surface area contributed by atoms with Crippen LogP contribution in [0.2, 0.25) is 0 Å². The van der Waals surface area contributed by atoms with Crippen LogP contribution in [0.5, 0.6) is 17.2 Å². The molecule has 3 aromatic carbocycles. The first-order valence-electron chi connectivity index (χ1n) is 15.0. The van der Waals surface area contributed by atoms with Crippen molar-refractivity contribution in [1.82, 2.24) is 0 Å². The summed E-state index contributed by atoms with van der Waals surface area (Å²) < 4.78 is 22.8. The minimum absolute atomic E-state index is 0.0243. The Morgan fingerprint density at radius 1 is 0.600 bits per heavy atom. The summed E-state index contributed by atoms with van der Waals surface area (Å²) >= 11 is 0. The first-order chi connectivity index (χ1) is 19.6. The maximum Gasteiger partial charge on any atom is 0.343 e. The van der Waals surface area contributed by atoms with E-state index in [9.17, 15) is 4.79 Å². The van der Waals surface area contributed by atoms with Crippen molar-refractivity contribution in [3.8, 4) is 28.4 Å². The van der Waals surface area contributed by atoms with Crippen molar-refractivity contribution in [1.29, 1.82) is 0 Å². The number of hydrogen-bond acceptors (Lipinski definition) is 5. The molecule has 0 saturated heterocycles. The van der Waals surface area contributed by atoms with Crippen LogP contribution in [0, 0.1) is 0 Å². The molecular weight excluding hydrogens is 500 g/mol. The molecule has 0 spiro atoms. The quantitative estimate of drug-likeness (QED) is 0.0852. The minimum Gasteiger partial charge on any atom is -0.494 e. The summed E-state index contributed by atoms with van der Waals surface area (Å²) in [6.07, 6.45) is 11.4. The number of ether oxygens (including phenoxy) is 4. The van der Waals surface area contributed by atoms with Gasteiger partial charge in [0, 0.05) is 6.61 Å². The lowest BCUT2D eigenvalue weighted by Crippen LogP contribution is -2.18. The number of rotatable bonds is 19. The lowest BCUT2D eigenvalue weighted by Gasteiger charge is -2.14. The molecular formula is C35H46O5. The Hall–Kier alpha value is -3.31. The largest absolute Gasteiger partial charge is 0.494 e. The normalized spacial score (nSPS) is 11.7. The van der Waals surface area contributed by atoms with Crippen LogP contribution in [0.1, 0.15) is 88.9 Å². The first kappa shape index (κ1) is 31.2.